The van der Waals surface area contributed by atoms with Gasteiger partial charge in [0.25, 0.3) is 5.56 Å². The Morgan fingerprint density at radius 3 is 2.70 bits per heavy atom. The predicted molar refractivity (Wildman–Crippen MR) is 104 cm³/mol. The van der Waals surface area contributed by atoms with Crippen LogP contribution in [0.25, 0.3) is 0 Å². The van der Waals surface area contributed by atoms with Crippen LogP contribution >= 0.6 is 11.6 Å². The smallest absolute Gasteiger partial charge is 0.290 e. The topological polar surface area (TPSA) is 67.7 Å². The third-order valence-corrected chi connectivity index (χ3v) is 5.01. The van der Waals surface area contributed by atoms with E-state index in [0.717, 1.165) is 12.8 Å². The molecule has 1 aromatic carbocycles. The third-order valence-electron chi connectivity index (χ3n) is 4.69. The van der Waals surface area contributed by atoms with E-state index in [-0.39, 0.29) is 24.1 Å². The van der Waals surface area contributed by atoms with E-state index in [1.807, 2.05) is 23.1 Å². The standard InChI is InChI=1S/C19H23ClN4O3/c1-22(16-7-10-21-23(2)19(16)26)13-18(25)24-11-8-14(9-12-24)27-17-6-4-3-5-15(17)20/h3-7,10,14H,8-9,11-13H2,1-2H3. The van der Waals surface area contributed by atoms with Gasteiger partial charge in [-0.15, -0.1) is 0 Å². The average molecular weight is 391 g/mol. The molecule has 27 heavy (non-hydrogen) atoms. The number of hydrogen-bond donors (Lipinski definition) is 0. The molecule has 8 heteroatoms. The summed E-state index contributed by atoms with van der Waals surface area (Å²) in [5.74, 6) is 0.671. The first-order chi connectivity index (χ1) is 13.0. The lowest BCUT2D eigenvalue weighted by Crippen LogP contribution is -2.46. The minimum Gasteiger partial charge on any atom is -0.489 e. The monoisotopic (exact) mass is 390 g/mol. The molecule has 1 aliphatic rings. The molecule has 1 saturated heterocycles. The number of aromatic nitrogens is 2. The van der Waals surface area contributed by atoms with Gasteiger partial charge in [-0.25, -0.2) is 4.68 Å². The van der Waals surface area contributed by atoms with Crippen LogP contribution in [0.2, 0.25) is 5.02 Å². The van der Waals surface area contributed by atoms with E-state index in [4.69, 9.17) is 16.3 Å². The van der Waals surface area contributed by atoms with E-state index >= 15 is 0 Å². The van der Waals surface area contributed by atoms with Crippen molar-refractivity contribution in [2.75, 3.05) is 31.6 Å². The number of piperidine rings is 1. The summed E-state index contributed by atoms with van der Waals surface area (Å²) in [6.07, 6.45) is 3.09. The molecule has 0 unspecified atom stereocenters. The first-order valence-corrected chi connectivity index (χ1v) is 9.26. The van der Waals surface area contributed by atoms with Crippen molar-refractivity contribution in [3.8, 4) is 5.75 Å². The number of nitrogens with zero attached hydrogens (tertiary/aromatic N) is 4. The van der Waals surface area contributed by atoms with E-state index in [1.165, 1.54) is 4.68 Å². The molecule has 2 heterocycles. The molecule has 1 fully saturated rings. The lowest BCUT2D eigenvalue weighted by Gasteiger charge is -2.33. The van der Waals surface area contributed by atoms with E-state index in [9.17, 15) is 9.59 Å². The molecule has 7 nitrogen and oxygen atoms in total. The lowest BCUT2D eigenvalue weighted by atomic mass is 10.1. The van der Waals surface area contributed by atoms with Crippen molar-refractivity contribution in [3.05, 3.63) is 51.9 Å². The van der Waals surface area contributed by atoms with Crippen LogP contribution in [0, 0.1) is 0 Å². The first kappa shape index (κ1) is 19.2. The Kier molecular flexibility index (Phi) is 6.01. The number of benzene rings is 1. The molecule has 1 aliphatic heterocycles. The van der Waals surface area contributed by atoms with Gasteiger partial charge in [0.05, 0.1) is 11.6 Å². The number of ether oxygens (including phenoxy) is 1. The zero-order valence-electron chi connectivity index (χ0n) is 15.5. The van der Waals surface area contributed by atoms with Crippen molar-refractivity contribution in [2.24, 2.45) is 7.05 Å². The Labute approximate surface area is 163 Å². The van der Waals surface area contributed by atoms with Gasteiger partial charge in [-0.1, -0.05) is 23.7 Å². The maximum Gasteiger partial charge on any atom is 0.290 e. The number of halogens is 1. The number of carbonyl (C=O) groups excluding carboxylic acids is 1. The maximum atomic E-state index is 12.6. The van der Waals surface area contributed by atoms with Gasteiger partial charge in [-0.2, -0.15) is 5.10 Å². The highest BCUT2D eigenvalue weighted by atomic mass is 35.5. The number of rotatable bonds is 5. The van der Waals surface area contributed by atoms with Gasteiger partial charge in [0.1, 0.15) is 17.5 Å². The summed E-state index contributed by atoms with van der Waals surface area (Å²) in [4.78, 5) is 28.2. The summed E-state index contributed by atoms with van der Waals surface area (Å²) < 4.78 is 7.22. The van der Waals surface area contributed by atoms with Crippen molar-refractivity contribution in [2.45, 2.75) is 18.9 Å². The summed E-state index contributed by atoms with van der Waals surface area (Å²) >= 11 is 6.14. The molecule has 1 amide bonds. The highest BCUT2D eigenvalue weighted by molar-refractivity contribution is 6.32. The number of aryl methyl sites for hydroxylation is 1. The summed E-state index contributed by atoms with van der Waals surface area (Å²) in [5, 5.41) is 4.49. The average Bonchev–Trinajstić information content (AvgIpc) is 2.66. The molecule has 0 N–H and O–H groups in total. The number of amides is 1. The van der Waals surface area contributed by atoms with Crippen molar-refractivity contribution in [1.29, 1.82) is 0 Å². The quantitative estimate of drug-likeness (QED) is 0.780. The molecular formula is C19H23ClN4O3. The molecule has 0 aliphatic carbocycles. The minimum absolute atomic E-state index is 0.00689. The molecular weight excluding hydrogens is 368 g/mol. The van der Waals surface area contributed by atoms with Crippen LogP contribution in [-0.2, 0) is 11.8 Å². The number of carbonyl (C=O) groups is 1. The number of likely N-dealkylation sites (N-methyl/N-ethyl adjacent to an activating group) is 1. The van der Waals surface area contributed by atoms with Crippen LogP contribution in [0.15, 0.2) is 41.3 Å². The van der Waals surface area contributed by atoms with Gasteiger partial charge in [-0.3, -0.25) is 9.59 Å². The normalized spacial score (nSPS) is 14.9. The van der Waals surface area contributed by atoms with Gasteiger partial charge >= 0.3 is 0 Å². The Morgan fingerprint density at radius 2 is 2.00 bits per heavy atom. The summed E-state index contributed by atoms with van der Waals surface area (Å²) in [6, 6.07) is 9.03. The SMILES string of the molecule is CN(CC(=O)N1CCC(Oc2ccccc2Cl)CC1)c1ccnn(C)c1=O. The van der Waals surface area contributed by atoms with E-state index in [0.29, 0.717) is 29.5 Å². The second kappa shape index (κ2) is 8.43. The third kappa shape index (κ3) is 4.60. The van der Waals surface area contributed by atoms with Gasteiger partial charge in [0.2, 0.25) is 5.91 Å². The number of hydrogen-bond acceptors (Lipinski definition) is 5. The van der Waals surface area contributed by atoms with E-state index in [2.05, 4.69) is 5.10 Å². The molecule has 0 radical (unpaired) electrons. The molecule has 144 valence electrons. The molecule has 0 bridgehead atoms. The van der Waals surface area contributed by atoms with Crippen molar-refractivity contribution < 1.29 is 9.53 Å². The Hall–Kier alpha value is -2.54. The molecule has 0 spiro atoms. The van der Waals surface area contributed by atoms with Gasteiger partial charge in [0.15, 0.2) is 0 Å². The fourth-order valence-corrected chi connectivity index (χ4v) is 3.30. The van der Waals surface area contributed by atoms with Crippen LogP contribution in [0.1, 0.15) is 12.8 Å². The number of anilines is 1. The fraction of sp³-hybridized carbons (Fsp3) is 0.421. The Bertz CT molecular complexity index is 862. The van der Waals surface area contributed by atoms with Crippen molar-refractivity contribution >= 4 is 23.2 Å². The van der Waals surface area contributed by atoms with E-state index < -0.39 is 0 Å². The van der Waals surface area contributed by atoms with Gasteiger partial charge in [0, 0.05) is 46.2 Å². The molecule has 2 aromatic rings. The number of para-hydroxylation sites is 1. The zero-order chi connectivity index (χ0) is 19.4. The summed E-state index contributed by atoms with van der Waals surface area (Å²) in [7, 11) is 3.33. The molecule has 1 aromatic heterocycles. The van der Waals surface area contributed by atoms with E-state index in [1.54, 1.807) is 37.3 Å². The maximum absolute atomic E-state index is 12.6. The molecule has 0 atom stereocenters. The molecule has 0 saturated carbocycles. The van der Waals surface area contributed by atoms with Gasteiger partial charge in [-0.05, 0) is 18.2 Å². The van der Waals surface area contributed by atoms with Gasteiger partial charge < -0.3 is 14.5 Å². The van der Waals surface area contributed by atoms with Crippen LogP contribution in [0.5, 0.6) is 5.75 Å². The highest BCUT2D eigenvalue weighted by Crippen LogP contribution is 2.26. The van der Waals surface area contributed by atoms with Crippen LogP contribution in [-0.4, -0.2) is 53.4 Å². The number of likely N-dealkylation sites (tertiary alicyclic amines) is 1. The second-order valence-corrected chi connectivity index (χ2v) is 7.04. The summed E-state index contributed by atoms with van der Waals surface area (Å²) in [6.45, 7) is 1.39. The summed E-state index contributed by atoms with van der Waals surface area (Å²) in [5.41, 5.74) is 0.234. The van der Waals surface area contributed by atoms with Crippen molar-refractivity contribution in [1.82, 2.24) is 14.7 Å². The second-order valence-electron chi connectivity index (χ2n) is 6.63. The predicted octanol–water partition coefficient (Wildman–Crippen LogP) is 1.94. The van der Waals surface area contributed by atoms with Crippen LogP contribution in [0.4, 0.5) is 5.69 Å². The minimum atomic E-state index is -0.223. The Morgan fingerprint density at radius 1 is 1.30 bits per heavy atom. The fourth-order valence-electron chi connectivity index (χ4n) is 3.11. The largest absolute Gasteiger partial charge is 0.489 e. The van der Waals surface area contributed by atoms with Crippen molar-refractivity contribution in [3.63, 3.8) is 0 Å². The highest BCUT2D eigenvalue weighted by Gasteiger charge is 2.25. The zero-order valence-corrected chi connectivity index (χ0v) is 16.2. The first-order valence-electron chi connectivity index (χ1n) is 8.88. The Balaban J connectivity index is 1.53. The lowest BCUT2D eigenvalue weighted by molar-refractivity contribution is -0.131. The van der Waals surface area contributed by atoms with Crippen LogP contribution in [0.3, 0.4) is 0 Å². The van der Waals surface area contributed by atoms with Crippen LogP contribution < -0.4 is 15.2 Å². The molecule has 3 rings (SSSR count).